The first-order chi connectivity index (χ1) is 9.82. The molecular formula is C16H13F3O2. The fraction of sp³-hybridized carbons (Fsp3) is 0.188. The summed E-state index contributed by atoms with van der Waals surface area (Å²) in [6, 6.07) is 8.71. The Kier molecular flexibility index (Phi) is 4.02. The maximum Gasteiger partial charge on any atom is 0.416 e. The van der Waals surface area contributed by atoms with Crippen molar-refractivity contribution in [3.63, 3.8) is 0 Å². The summed E-state index contributed by atoms with van der Waals surface area (Å²) in [5.41, 5.74) is -0.162. The molecule has 2 aromatic rings. The van der Waals surface area contributed by atoms with Gasteiger partial charge in [0.25, 0.3) is 0 Å². The van der Waals surface area contributed by atoms with Crippen molar-refractivity contribution in [2.24, 2.45) is 0 Å². The number of rotatable bonds is 3. The van der Waals surface area contributed by atoms with Crippen molar-refractivity contribution in [1.82, 2.24) is 0 Å². The summed E-state index contributed by atoms with van der Waals surface area (Å²) >= 11 is 0. The third-order valence-corrected chi connectivity index (χ3v) is 3.17. The van der Waals surface area contributed by atoms with E-state index in [-0.39, 0.29) is 16.9 Å². The smallest absolute Gasteiger partial charge is 0.416 e. The molecule has 2 aromatic carbocycles. The first-order valence-electron chi connectivity index (χ1n) is 6.36. The Labute approximate surface area is 119 Å². The number of aryl methyl sites for hydroxylation is 1. The number of carbonyl (C=O) groups excluding carboxylic acids is 1. The lowest BCUT2D eigenvalue weighted by Crippen LogP contribution is -2.08. The second kappa shape index (κ2) is 5.60. The summed E-state index contributed by atoms with van der Waals surface area (Å²) in [6.45, 7) is 1.88. The number of phenolic OH excluding ortho intramolecular Hbond substituents is 1. The minimum Gasteiger partial charge on any atom is -0.507 e. The van der Waals surface area contributed by atoms with Gasteiger partial charge < -0.3 is 5.11 Å². The van der Waals surface area contributed by atoms with E-state index in [1.807, 2.05) is 6.92 Å². The molecule has 0 aromatic heterocycles. The van der Waals surface area contributed by atoms with Gasteiger partial charge in [0, 0.05) is 5.56 Å². The number of hydrogen-bond acceptors (Lipinski definition) is 2. The van der Waals surface area contributed by atoms with E-state index in [1.165, 1.54) is 24.3 Å². The highest BCUT2D eigenvalue weighted by atomic mass is 19.4. The first kappa shape index (κ1) is 15.1. The SMILES string of the molecule is CCc1ccc(O)c(C(=O)c2cccc(C(F)(F)F)c2)c1. The van der Waals surface area contributed by atoms with Crippen molar-refractivity contribution in [2.75, 3.05) is 0 Å². The van der Waals surface area contributed by atoms with Gasteiger partial charge in [0.1, 0.15) is 5.75 Å². The third-order valence-electron chi connectivity index (χ3n) is 3.17. The molecule has 0 spiro atoms. The van der Waals surface area contributed by atoms with E-state index >= 15 is 0 Å². The molecule has 0 aliphatic carbocycles. The van der Waals surface area contributed by atoms with Crippen LogP contribution in [-0.4, -0.2) is 10.9 Å². The molecule has 0 saturated heterocycles. The van der Waals surface area contributed by atoms with Gasteiger partial charge in [-0.15, -0.1) is 0 Å². The van der Waals surface area contributed by atoms with Gasteiger partial charge in [-0.1, -0.05) is 25.1 Å². The molecule has 2 rings (SSSR count). The lowest BCUT2D eigenvalue weighted by molar-refractivity contribution is -0.137. The molecule has 110 valence electrons. The average molecular weight is 294 g/mol. The van der Waals surface area contributed by atoms with Crippen molar-refractivity contribution in [2.45, 2.75) is 19.5 Å². The molecule has 0 unspecified atom stereocenters. The number of alkyl halides is 3. The summed E-state index contributed by atoms with van der Waals surface area (Å²) in [7, 11) is 0. The number of benzene rings is 2. The van der Waals surface area contributed by atoms with Crippen molar-refractivity contribution in [1.29, 1.82) is 0 Å². The monoisotopic (exact) mass is 294 g/mol. The largest absolute Gasteiger partial charge is 0.507 e. The van der Waals surface area contributed by atoms with Crippen LogP contribution in [0, 0.1) is 0 Å². The van der Waals surface area contributed by atoms with Gasteiger partial charge in [-0.2, -0.15) is 13.2 Å². The van der Waals surface area contributed by atoms with Crippen molar-refractivity contribution < 1.29 is 23.1 Å². The molecule has 0 bridgehead atoms. The molecular weight excluding hydrogens is 281 g/mol. The van der Waals surface area contributed by atoms with Crippen LogP contribution < -0.4 is 0 Å². The van der Waals surface area contributed by atoms with E-state index < -0.39 is 17.5 Å². The standard InChI is InChI=1S/C16H13F3O2/c1-2-10-6-7-14(20)13(8-10)15(21)11-4-3-5-12(9-11)16(17,18)19/h3-9,20H,2H2,1H3. The summed E-state index contributed by atoms with van der Waals surface area (Å²) in [4.78, 5) is 12.3. The molecule has 0 fully saturated rings. The number of ketones is 1. The number of halogens is 3. The highest BCUT2D eigenvalue weighted by Crippen LogP contribution is 2.30. The Balaban J connectivity index is 2.45. The van der Waals surface area contributed by atoms with E-state index in [2.05, 4.69) is 0 Å². The van der Waals surface area contributed by atoms with Crippen LogP contribution in [0.3, 0.4) is 0 Å². The number of hydrogen-bond donors (Lipinski definition) is 1. The first-order valence-corrected chi connectivity index (χ1v) is 6.36. The van der Waals surface area contributed by atoms with Crippen LogP contribution in [0.4, 0.5) is 13.2 Å². The topological polar surface area (TPSA) is 37.3 Å². The molecule has 1 N–H and O–H groups in total. The number of carbonyl (C=O) groups is 1. The van der Waals surface area contributed by atoms with Crippen LogP contribution in [0.2, 0.25) is 0 Å². The lowest BCUT2D eigenvalue weighted by Gasteiger charge is -2.09. The minimum atomic E-state index is -4.51. The summed E-state index contributed by atoms with van der Waals surface area (Å²) in [5, 5.41) is 9.75. The van der Waals surface area contributed by atoms with E-state index in [0.29, 0.717) is 6.42 Å². The van der Waals surface area contributed by atoms with Gasteiger partial charge in [-0.05, 0) is 36.2 Å². The molecule has 5 heteroatoms. The predicted molar refractivity (Wildman–Crippen MR) is 72.4 cm³/mol. The van der Waals surface area contributed by atoms with Gasteiger partial charge in [-0.25, -0.2) is 0 Å². The Morgan fingerprint density at radius 1 is 1.14 bits per heavy atom. The van der Waals surface area contributed by atoms with E-state index in [0.717, 1.165) is 17.7 Å². The molecule has 0 radical (unpaired) electrons. The highest BCUT2D eigenvalue weighted by Gasteiger charge is 2.31. The molecule has 0 atom stereocenters. The van der Waals surface area contributed by atoms with E-state index in [9.17, 15) is 23.1 Å². The van der Waals surface area contributed by atoms with Gasteiger partial charge in [0.15, 0.2) is 5.78 Å². The van der Waals surface area contributed by atoms with Crippen LogP contribution in [0.25, 0.3) is 0 Å². The second-order valence-electron chi connectivity index (χ2n) is 4.61. The normalized spacial score (nSPS) is 11.4. The van der Waals surface area contributed by atoms with Crippen LogP contribution in [-0.2, 0) is 12.6 Å². The molecule has 0 saturated carbocycles. The Morgan fingerprint density at radius 2 is 1.86 bits per heavy atom. The van der Waals surface area contributed by atoms with Gasteiger partial charge in [0.05, 0.1) is 11.1 Å². The van der Waals surface area contributed by atoms with Crippen molar-refractivity contribution in [3.8, 4) is 5.75 Å². The van der Waals surface area contributed by atoms with Crippen LogP contribution in [0.1, 0.15) is 34.0 Å². The Bertz CT molecular complexity index is 675. The van der Waals surface area contributed by atoms with Crippen LogP contribution >= 0.6 is 0 Å². The summed E-state index contributed by atoms with van der Waals surface area (Å²) in [5.74, 6) is -0.872. The van der Waals surface area contributed by atoms with E-state index in [4.69, 9.17) is 0 Å². The molecule has 21 heavy (non-hydrogen) atoms. The fourth-order valence-electron chi connectivity index (χ4n) is 1.98. The number of phenols is 1. The summed E-state index contributed by atoms with van der Waals surface area (Å²) < 4.78 is 38.0. The van der Waals surface area contributed by atoms with Crippen LogP contribution in [0.15, 0.2) is 42.5 Å². The lowest BCUT2D eigenvalue weighted by atomic mass is 9.98. The van der Waals surface area contributed by atoms with Gasteiger partial charge >= 0.3 is 6.18 Å². The maximum absolute atomic E-state index is 12.7. The maximum atomic E-state index is 12.7. The molecule has 0 amide bonds. The molecule has 0 aliphatic rings. The number of aromatic hydroxyl groups is 1. The zero-order valence-electron chi connectivity index (χ0n) is 11.2. The minimum absolute atomic E-state index is 0.00803. The Morgan fingerprint density at radius 3 is 2.48 bits per heavy atom. The fourth-order valence-corrected chi connectivity index (χ4v) is 1.98. The van der Waals surface area contributed by atoms with Crippen molar-refractivity contribution >= 4 is 5.78 Å². The van der Waals surface area contributed by atoms with Crippen molar-refractivity contribution in [3.05, 3.63) is 64.7 Å². The second-order valence-corrected chi connectivity index (χ2v) is 4.61. The Hall–Kier alpha value is -2.30. The predicted octanol–water partition coefficient (Wildman–Crippen LogP) is 4.20. The molecule has 2 nitrogen and oxygen atoms in total. The third kappa shape index (κ3) is 3.24. The quantitative estimate of drug-likeness (QED) is 0.861. The molecule has 0 heterocycles. The van der Waals surface area contributed by atoms with Gasteiger partial charge in [-0.3, -0.25) is 4.79 Å². The van der Waals surface area contributed by atoms with Gasteiger partial charge in [0.2, 0.25) is 0 Å². The van der Waals surface area contributed by atoms with E-state index in [1.54, 1.807) is 6.07 Å². The highest BCUT2D eigenvalue weighted by molar-refractivity contribution is 6.10. The zero-order chi connectivity index (χ0) is 15.6. The zero-order valence-corrected chi connectivity index (χ0v) is 11.2. The summed E-state index contributed by atoms with van der Waals surface area (Å²) in [6.07, 6.45) is -3.85. The average Bonchev–Trinajstić information content (AvgIpc) is 2.46. The van der Waals surface area contributed by atoms with Crippen LogP contribution in [0.5, 0.6) is 5.75 Å². The molecule has 0 aliphatic heterocycles.